The second-order valence-electron chi connectivity index (χ2n) is 2.08. The van der Waals surface area contributed by atoms with Crippen molar-refractivity contribution >= 4 is 28.4 Å². The first-order valence-electron chi connectivity index (χ1n) is 3.22. The molecule has 0 bridgehead atoms. The Morgan fingerprint density at radius 2 is 2.08 bits per heavy atom. The number of aromatic nitrogens is 1. The normalized spacial score (nSPS) is 9.92. The molecule has 0 fully saturated rings. The Bertz CT molecular complexity index is 292. The number of hydrogen-bond donors (Lipinski definition) is 3. The summed E-state index contributed by atoms with van der Waals surface area (Å²) in [6.45, 7) is 0. The molecular formula is C6H7NO4S2. The number of rotatable bonds is 3. The molecule has 1 heterocycles. The van der Waals surface area contributed by atoms with Gasteiger partial charge in [-0.1, -0.05) is 10.8 Å². The van der Waals surface area contributed by atoms with Gasteiger partial charge in [-0.05, 0) is 0 Å². The van der Waals surface area contributed by atoms with Gasteiger partial charge in [-0.3, -0.25) is 0 Å². The number of aromatic hydroxyl groups is 2. The summed E-state index contributed by atoms with van der Waals surface area (Å²) in [6.07, 6.45) is 0. The molecule has 5 nitrogen and oxygen atoms in total. The zero-order chi connectivity index (χ0) is 9.84. The lowest BCUT2D eigenvalue weighted by Crippen LogP contribution is -2.20. The molecule has 13 heavy (non-hydrogen) atoms. The van der Waals surface area contributed by atoms with Gasteiger partial charge in [0.2, 0.25) is 11.8 Å². The first kappa shape index (κ1) is 10.1. The Labute approximate surface area is 83.1 Å². The number of carbonyl (C=O) groups is 1. The van der Waals surface area contributed by atoms with Crippen molar-refractivity contribution in [2.45, 2.75) is 0 Å². The van der Waals surface area contributed by atoms with E-state index in [1.807, 2.05) is 0 Å². The fourth-order valence-corrected chi connectivity index (χ4v) is 1.15. The first-order valence-corrected chi connectivity index (χ1v) is 5.26. The second kappa shape index (κ2) is 4.33. The molecule has 2 N–H and O–H groups in total. The highest BCUT2D eigenvalue weighted by Crippen LogP contribution is 2.18. The van der Waals surface area contributed by atoms with Gasteiger partial charge in [0.1, 0.15) is 5.75 Å². The minimum Gasteiger partial charge on any atom is -0.492 e. The van der Waals surface area contributed by atoms with Crippen LogP contribution >= 0.6 is 22.5 Å². The minimum absolute atomic E-state index is 0.0279. The van der Waals surface area contributed by atoms with E-state index in [1.165, 1.54) is 12.1 Å². The van der Waals surface area contributed by atoms with Crippen molar-refractivity contribution in [3.63, 3.8) is 0 Å². The maximum absolute atomic E-state index is 10.9. The second-order valence-corrected chi connectivity index (χ2v) is 3.40. The van der Waals surface area contributed by atoms with E-state index in [1.54, 1.807) is 0 Å². The molecule has 0 atom stereocenters. The van der Waals surface area contributed by atoms with Crippen molar-refractivity contribution in [2.75, 3.05) is 5.75 Å². The van der Waals surface area contributed by atoms with Crippen LogP contribution in [0, 0.1) is 0 Å². The molecule has 0 unspecified atom stereocenters. The van der Waals surface area contributed by atoms with Crippen LogP contribution in [0.4, 0.5) is 0 Å². The van der Waals surface area contributed by atoms with Crippen LogP contribution in [0.2, 0.25) is 0 Å². The third-order valence-electron chi connectivity index (χ3n) is 1.17. The van der Waals surface area contributed by atoms with Crippen LogP contribution in [0.5, 0.6) is 11.8 Å². The van der Waals surface area contributed by atoms with E-state index in [2.05, 4.69) is 16.5 Å². The van der Waals surface area contributed by atoms with Gasteiger partial charge in [0.25, 0.3) is 0 Å². The van der Waals surface area contributed by atoms with Crippen molar-refractivity contribution in [1.29, 1.82) is 0 Å². The molecule has 72 valence electrons. The SMILES string of the molecule is O=C(CSS)On1c(O)ccc1O. The van der Waals surface area contributed by atoms with Crippen molar-refractivity contribution < 1.29 is 19.8 Å². The maximum Gasteiger partial charge on any atom is 0.343 e. The van der Waals surface area contributed by atoms with Gasteiger partial charge >= 0.3 is 5.97 Å². The predicted octanol–water partition coefficient (Wildman–Crippen LogP) is 0.432. The van der Waals surface area contributed by atoms with Crippen LogP contribution in [-0.2, 0) is 4.79 Å². The largest absolute Gasteiger partial charge is 0.492 e. The molecule has 1 rings (SSSR count). The number of nitrogens with zero attached hydrogens (tertiary/aromatic N) is 1. The summed E-state index contributed by atoms with van der Waals surface area (Å²) in [6, 6.07) is 2.41. The molecule has 1 aromatic rings. The van der Waals surface area contributed by atoms with Crippen molar-refractivity contribution in [3.05, 3.63) is 12.1 Å². The summed E-state index contributed by atoms with van der Waals surface area (Å²) < 4.78 is 0.631. The summed E-state index contributed by atoms with van der Waals surface area (Å²) in [5.41, 5.74) is 0. The maximum atomic E-state index is 10.9. The fourth-order valence-electron chi connectivity index (χ4n) is 0.676. The van der Waals surface area contributed by atoms with Gasteiger partial charge in [-0.2, -0.15) is 0 Å². The highest BCUT2D eigenvalue weighted by Gasteiger charge is 2.11. The van der Waals surface area contributed by atoms with Crippen molar-refractivity contribution in [2.24, 2.45) is 0 Å². The number of thiol groups is 1. The quantitative estimate of drug-likeness (QED) is 0.510. The van der Waals surface area contributed by atoms with Gasteiger partial charge in [-0.25, -0.2) is 4.79 Å². The van der Waals surface area contributed by atoms with E-state index in [0.29, 0.717) is 4.73 Å². The van der Waals surface area contributed by atoms with Crippen LogP contribution in [0.15, 0.2) is 12.1 Å². The summed E-state index contributed by atoms with van der Waals surface area (Å²) in [7, 11) is 0.987. The fraction of sp³-hybridized carbons (Fsp3) is 0.167. The molecular weight excluding hydrogens is 214 g/mol. The molecule has 0 aliphatic heterocycles. The van der Waals surface area contributed by atoms with E-state index >= 15 is 0 Å². The lowest BCUT2D eigenvalue weighted by atomic mass is 10.6. The lowest BCUT2D eigenvalue weighted by molar-refractivity contribution is -0.142. The average Bonchev–Trinajstić information content (AvgIpc) is 2.36. The molecule has 0 saturated carbocycles. The standard InChI is InChI=1S/C6H7NO4S2/c8-4-1-2-5(9)7(4)11-6(10)3-13-12/h1-2,8-9,12H,3H2. The average molecular weight is 221 g/mol. The Morgan fingerprint density at radius 1 is 1.54 bits per heavy atom. The van der Waals surface area contributed by atoms with Crippen LogP contribution in [-0.4, -0.2) is 26.7 Å². The smallest absolute Gasteiger partial charge is 0.343 e. The molecule has 1 aromatic heterocycles. The van der Waals surface area contributed by atoms with Gasteiger partial charge in [0, 0.05) is 12.1 Å². The predicted molar refractivity (Wildman–Crippen MR) is 50.8 cm³/mol. The van der Waals surface area contributed by atoms with E-state index in [4.69, 9.17) is 10.2 Å². The van der Waals surface area contributed by atoms with Gasteiger partial charge in [0.05, 0.1) is 0 Å². The molecule has 0 saturated heterocycles. The van der Waals surface area contributed by atoms with Crippen molar-refractivity contribution in [3.8, 4) is 11.8 Å². The minimum atomic E-state index is -0.609. The Hall–Kier alpha value is -0.950. The molecule has 0 aromatic carbocycles. The lowest BCUT2D eigenvalue weighted by Gasteiger charge is -2.04. The van der Waals surface area contributed by atoms with Crippen LogP contribution in [0.3, 0.4) is 0 Å². The molecule has 0 amide bonds. The Balaban J connectivity index is 2.68. The molecule has 7 heteroatoms. The zero-order valence-electron chi connectivity index (χ0n) is 6.38. The Morgan fingerprint density at radius 3 is 2.54 bits per heavy atom. The van der Waals surface area contributed by atoms with Gasteiger partial charge in [0.15, 0.2) is 0 Å². The third kappa shape index (κ3) is 2.49. The highest BCUT2D eigenvalue weighted by molar-refractivity contribution is 8.68. The van der Waals surface area contributed by atoms with Gasteiger partial charge < -0.3 is 15.1 Å². The number of carbonyl (C=O) groups excluding carboxylic acids is 1. The summed E-state index contributed by atoms with van der Waals surface area (Å²) in [4.78, 5) is 15.4. The van der Waals surface area contributed by atoms with E-state index in [0.717, 1.165) is 10.8 Å². The topological polar surface area (TPSA) is 71.7 Å². The molecule has 0 radical (unpaired) electrons. The van der Waals surface area contributed by atoms with Crippen molar-refractivity contribution in [1.82, 2.24) is 4.73 Å². The summed E-state index contributed by atoms with van der Waals surface area (Å²) in [5, 5.41) is 18.1. The van der Waals surface area contributed by atoms with Crippen LogP contribution < -0.4 is 4.84 Å². The summed E-state index contributed by atoms with van der Waals surface area (Å²) in [5.74, 6) is -1.26. The molecule has 0 aliphatic rings. The van der Waals surface area contributed by atoms with E-state index in [9.17, 15) is 4.79 Å². The monoisotopic (exact) mass is 221 g/mol. The molecule has 0 aliphatic carbocycles. The van der Waals surface area contributed by atoms with Crippen LogP contribution in [0.25, 0.3) is 0 Å². The number of hydrogen-bond acceptors (Lipinski definition) is 6. The van der Waals surface area contributed by atoms with E-state index in [-0.39, 0.29) is 17.5 Å². The first-order chi connectivity index (χ1) is 6.15. The highest BCUT2D eigenvalue weighted by atomic mass is 33.1. The molecule has 0 spiro atoms. The zero-order valence-corrected chi connectivity index (χ0v) is 8.09. The summed E-state index contributed by atoms with van der Waals surface area (Å²) >= 11 is 3.74. The van der Waals surface area contributed by atoms with E-state index < -0.39 is 5.97 Å². The Kier molecular flexibility index (Phi) is 3.38. The third-order valence-corrected chi connectivity index (χ3v) is 1.93. The van der Waals surface area contributed by atoms with Crippen LogP contribution in [0.1, 0.15) is 0 Å². The van der Waals surface area contributed by atoms with Gasteiger partial charge in [-0.15, -0.1) is 16.4 Å².